The van der Waals surface area contributed by atoms with Crippen LogP contribution in [0.15, 0.2) is 12.1 Å². The summed E-state index contributed by atoms with van der Waals surface area (Å²) in [5.74, 6) is 0. The van der Waals surface area contributed by atoms with Crippen molar-refractivity contribution in [1.82, 2.24) is 0 Å². The van der Waals surface area contributed by atoms with Gasteiger partial charge in [-0.3, -0.25) is 0 Å². The lowest BCUT2D eigenvalue weighted by molar-refractivity contribution is 0.737. The van der Waals surface area contributed by atoms with Crippen molar-refractivity contribution in [3.63, 3.8) is 0 Å². The van der Waals surface area contributed by atoms with Gasteiger partial charge >= 0.3 is 0 Å². The molecule has 0 heterocycles. The molecule has 0 radical (unpaired) electrons. The molecule has 2 nitrogen and oxygen atoms in total. The number of rotatable bonds is 2. The van der Waals surface area contributed by atoms with Crippen molar-refractivity contribution >= 4 is 47.2 Å². The average Bonchev–Trinajstić information content (AvgIpc) is 2.12. The summed E-state index contributed by atoms with van der Waals surface area (Å²) in [7, 11) is 0. The van der Waals surface area contributed by atoms with Gasteiger partial charge in [-0.15, -0.1) is 12.4 Å². The normalized spacial score (nSPS) is 12.1. The Bertz CT molecular complexity index is 316. The Morgan fingerprint density at radius 3 is 2.14 bits per heavy atom. The maximum absolute atomic E-state index is 5.92. The molecule has 4 N–H and O–H groups in total. The van der Waals surface area contributed by atoms with Crippen LogP contribution in [0.3, 0.4) is 0 Å². The minimum absolute atomic E-state index is 0. The first-order valence-corrected chi connectivity index (χ1v) is 4.80. The van der Waals surface area contributed by atoms with Crippen molar-refractivity contribution in [2.24, 2.45) is 11.5 Å². The van der Waals surface area contributed by atoms with E-state index in [9.17, 15) is 0 Å². The van der Waals surface area contributed by atoms with Crippen LogP contribution in [-0.2, 0) is 0 Å². The van der Waals surface area contributed by atoms with Gasteiger partial charge in [0, 0.05) is 23.2 Å². The van der Waals surface area contributed by atoms with Gasteiger partial charge in [0.15, 0.2) is 0 Å². The highest BCUT2D eigenvalue weighted by atomic mass is 35.5. The van der Waals surface area contributed by atoms with Crippen molar-refractivity contribution in [3.8, 4) is 0 Å². The fourth-order valence-corrected chi connectivity index (χ4v) is 1.82. The molecule has 0 aliphatic heterocycles. The molecule has 0 spiro atoms. The van der Waals surface area contributed by atoms with Crippen LogP contribution in [-0.4, -0.2) is 6.54 Å². The number of hydrogen-bond acceptors (Lipinski definition) is 2. The van der Waals surface area contributed by atoms with Gasteiger partial charge in [0.2, 0.25) is 0 Å². The van der Waals surface area contributed by atoms with Crippen LogP contribution < -0.4 is 11.5 Å². The van der Waals surface area contributed by atoms with E-state index in [1.54, 1.807) is 12.1 Å². The molecule has 1 aromatic carbocycles. The fraction of sp³-hybridized carbons (Fsp3) is 0.250. The summed E-state index contributed by atoms with van der Waals surface area (Å²) in [6.07, 6.45) is 0. The second-order valence-electron chi connectivity index (χ2n) is 2.60. The van der Waals surface area contributed by atoms with Crippen molar-refractivity contribution in [1.29, 1.82) is 0 Å². The zero-order valence-corrected chi connectivity index (χ0v) is 10.2. The predicted molar refractivity (Wildman–Crippen MR) is 64.7 cm³/mol. The second-order valence-corrected chi connectivity index (χ2v) is 3.79. The van der Waals surface area contributed by atoms with Gasteiger partial charge in [0.1, 0.15) is 0 Å². The summed E-state index contributed by atoms with van der Waals surface area (Å²) in [4.78, 5) is 0. The lowest BCUT2D eigenvalue weighted by Crippen LogP contribution is -2.21. The number of benzene rings is 1. The molecule has 0 unspecified atom stereocenters. The molecule has 80 valence electrons. The van der Waals surface area contributed by atoms with Crippen LogP contribution in [0.5, 0.6) is 0 Å². The van der Waals surface area contributed by atoms with Crippen LogP contribution in [0.1, 0.15) is 11.6 Å². The molecule has 0 saturated carbocycles. The largest absolute Gasteiger partial charge is 0.329 e. The average molecular weight is 276 g/mol. The van der Waals surface area contributed by atoms with Crippen molar-refractivity contribution < 1.29 is 0 Å². The monoisotopic (exact) mass is 274 g/mol. The Kier molecular flexibility index (Phi) is 6.14. The van der Waals surface area contributed by atoms with Gasteiger partial charge in [0.25, 0.3) is 0 Å². The molecule has 14 heavy (non-hydrogen) atoms. The molecule has 0 fully saturated rings. The molecule has 1 rings (SSSR count). The van der Waals surface area contributed by atoms with E-state index in [0.29, 0.717) is 20.6 Å². The molecule has 1 aromatic rings. The summed E-state index contributed by atoms with van der Waals surface area (Å²) in [6.45, 7) is 0.278. The molecule has 0 aliphatic carbocycles. The maximum Gasteiger partial charge on any atom is 0.0655 e. The zero-order chi connectivity index (χ0) is 10.0. The summed E-state index contributed by atoms with van der Waals surface area (Å²) in [6, 6.07) is 2.90. The van der Waals surface area contributed by atoms with Gasteiger partial charge in [0.05, 0.1) is 10.0 Å². The fourth-order valence-electron chi connectivity index (χ4n) is 1.00. The number of hydrogen-bond donors (Lipinski definition) is 2. The first-order valence-electron chi connectivity index (χ1n) is 3.67. The van der Waals surface area contributed by atoms with Crippen molar-refractivity contribution in [3.05, 3.63) is 32.8 Å². The van der Waals surface area contributed by atoms with E-state index in [4.69, 9.17) is 46.3 Å². The van der Waals surface area contributed by atoms with Gasteiger partial charge in [-0.2, -0.15) is 0 Å². The van der Waals surface area contributed by atoms with E-state index >= 15 is 0 Å². The van der Waals surface area contributed by atoms with Crippen LogP contribution in [0, 0.1) is 0 Å². The van der Waals surface area contributed by atoms with E-state index in [2.05, 4.69) is 0 Å². The summed E-state index contributed by atoms with van der Waals surface area (Å²) >= 11 is 17.6. The maximum atomic E-state index is 5.92. The Labute approximate surface area is 104 Å². The molecule has 6 heteroatoms. The van der Waals surface area contributed by atoms with Crippen LogP contribution in [0.4, 0.5) is 0 Å². The predicted octanol–water partition coefficient (Wildman–Crippen LogP) is 3.03. The summed E-state index contributed by atoms with van der Waals surface area (Å²) in [5.41, 5.74) is 11.7. The van der Waals surface area contributed by atoms with Gasteiger partial charge < -0.3 is 11.5 Å². The second kappa shape index (κ2) is 6.01. The lowest BCUT2D eigenvalue weighted by Gasteiger charge is -2.13. The third-order valence-electron chi connectivity index (χ3n) is 1.70. The lowest BCUT2D eigenvalue weighted by atomic mass is 10.1. The Morgan fingerprint density at radius 2 is 1.64 bits per heavy atom. The van der Waals surface area contributed by atoms with Crippen LogP contribution in [0.2, 0.25) is 15.1 Å². The molecule has 0 amide bonds. The molecule has 0 bridgehead atoms. The summed E-state index contributed by atoms with van der Waals surface area (Å²) < 4.78 is 0. The van der Waals surface area contributed by atoms with Gasteiger partial charge in [-0.25, -0.2) is 0 Å². The third-order valence-corrected chi connectivity index (χ3v) is 2.85. The minimum Gasteiger partial charge on any atom is -0.329 e. The van der Waals surface area contributed by atoms with E-state index in [1.165, 1.54) is 0 Å². The first-order chi connectivity index (χ1) is 6.07. The Morgan fingerprint density at radius 1 is 1.14 bits per heavy atom. The van der Waals surface area contributed by atoms with E-state index in [0.717, 1.165) is 0 Å². The van der Waals surface area contributed by atoms with Crippen molar-refractivity contribution in [2.75, 3.05) is 6.54 Å². The Hall–Kier alpha value is 0.300. The topological polar surface area (TPSA) is 52.0 Å². The Balaban J connectivity index is 0.00000169. The first kappa shape index (κ1) is 14.3. The molecule has 0 saturated heterocycles. The molecular weight excluding hydrogens is 266 g/mol. The standard InChI is InChI=1S/C8H9Cl3N2.ClH/c9-4-1-2-5(10)8(11)7(4)6(13)3-12;/h1-2,6H,3,12-13H2;1H/t6-;/m0./s1. The van der Waals surface area contributed by atoms with Crippen molar-refractivity contribution in [2.45, 2.75) is 6.04 Å². The van der Waals surface area contributed by atoms with E-state index in [-0.39, 0.29) is 25.0 Å². The highest BCUT2D eigenvalue weighted by molar-refractivity contribution is 6.44. The van der Waals surface area contributed by atoms with Crippen LogP contribution >= 0.6 is 47.2 Å². The highest BCUT2D eigenvalue weighted by Crippen LogP contribution is 2.34. The van der Waals surface area contributed by atoms with E-state index < -0.39 is 0 Å². The third kappa shape index (κ3) is 2.89. The SMILES string of the molecule is Cl.NC[C@H](N)c1c(Cl)ccc(Cl)c1Cl. The van der Waals surface area contributed by atoms with Gasteiger partial charge in [-0.1, -0.05) is 34.8 Å². The van der Waals surface area contributed by atoms with E-state index in [1.807, 2.05) is 0 Å². The number of halogens is 4. The number of nitrogens with two attached hydrogens (primary N) is 2. The molecule has 1 atom stereocenters. The summed E-state index contributed by atoms with van der Waals surface area (Å²) in [5, 5.41) is 1.31. The van der Waals surface area contributed by atoms with Crippen LogP contribution in [0.25, 0.3) is 0 Å². The minimum atomic E-state index is -0.376. The zero-order valence-electron chi connectivity index (χ0n) is 7.14. The highest BCUT2D eigenvalue weighted by Gasteiger charge is 2.14. The smallest absolute Gasteiger partial charge is 0.0655 e. The molecular formula is C8H10Cl4N2. The van der Waals surface area contributed by atoms with Gasteiger partial charge in [-0.05, 0) is 12.1 Å². The quantitative estimate of drug-likeness (QED) is 0.816. The molecule has 0 aliphatic rings. The molecule has 0 aromatic heterocycles.